The second kappa shape index (κ2) is 13.5. The van der Waals surface area contributed by atoms with Crippen LogP contribution in [0.4, 0.5) is 26.7 Å². The molecule has 244 valence electrons. The summed E-state index contributed by atoms with van der Waals surface area (Å²) >= 11 is 0. The number of hydrogen-bond acceptors (Lipinski definition) is 7. The number of aliphatic hydroxyl groups is 1. The van der Waals surface area contributed by atoms with Crippen molar-refractivity contribution >= 4 is 45.8 Å². The molecule has 0 unspecified atom stereocenters. The average molecular weight is 640 g/mol. The Bertz CT molecular complexity index is 1810. The third-order valence-electron chi connectivity index (χ3n) is 8.40. The van der Waals surface area contributed by atoms with Crippen molar-refractivity contribution in [2.75, 3.05) is 49.5 Å². The number of fused-ring (bicyclic) bond motifs is 3. The summed E-state index contributed by atoms with van der Waals surface area (Å²) in [7, 11) is 1.68. The predicted octanol–water partition coefficient (Wildman–Crippen LogP) is 5.60. The van der Waals surface area contributed by atoms with Gasteiger partial charge in [-0.1, -0.05) is 49.4 Å². The molecule has 12 heteroatoms. The highest BCUT2D eigenvalue weighted by molar-refractivity contribution is 6.05. The Morgan fingerprint density at radius 1 is 0.957 bits per heavy atom. The van der Waals surface area contributed by atoms with Gasteiger partial charge in [-0.25, -0.2) is 9.59 Å². The van der Waals surface area contributed by atoms with Gasteiger partial charge in [-0.15, -0.1) is 0 Å². The molecule has 0 saturated heterocycles. The van der Waals surface area contributed by atoms with Gasteiger partial charge in [0.15, 0.2) is 17.2 Å². The lowest BCUT2D eigenvalue weighted by molar-refractivity contribution is 0.0373. The molecule has 0 fully saturated rings. The molecule has 5 amide bonds. The number of carbonyl (C=O) groups is 3. The molecule has 0 aliphatic carbocycles. The van der Waals surface area contributed by atoms with E-state index in [1.165, 1.54) is 4.90 Å². The van der Waals surface area contributed by atoms with Crippen LogP contribution in [-0.4, -0.2) is 78.6 Å². The normalized spacial score (nSPS) is 17.5. The molecule has 4 aromatic carbocycles. The summed E-state index contributed by atoms with van der Waals surface area (Å²) < 4.78 is 17.3. The van der Waals surface area contributed by atoms with E-state index in [0.717, 1.165) is 10.8 Å². The third kappa shape index (κ3) is 6.73. The molecular weight excluding hydrogens is 602 g/mol. The average Bonchev–Trinajstić information content (AvgIpc) is 3.54. The maximum absolute atomic E-state index is 13.8. The van der Waals surface area contributed by atoms with E-state index < -0.39 is 18.2 Å². The highest BCUT2D eigenvalue weighted by atomic mass is 16.7. The molecule has 47 heavy (non-hydrogen) atoms. The summed E-state index contributed by atoms with van der Waals surface area (Å²) in [6.07, 6.45) is -0.585. The molecule has 12 nitrogen and oxygen atoms in total. The lowest BCUT2D eigenvalue weighted by Gasteiger charge is -2.38. The van der Waals surface area contributed by atoms with Gasteiger partial charge in [0, 0.05) is 36.7 Å². The van der Waals surface area contributed by atoms with Crippen LogP contribution in [0, 0.1) is 5.92 Å². The largest absolute Gasteiger partial charge is 0.485 e. The minimum atomic E-state index is -0.585. The van der Waals surface area contributed by atoms with Crippen LogP contribution in [0.15, 0.2) is 78.9 Å². The summed E-state index contributed by atoms with van der Waals surface area (Å²) in [5.41, 5.74) is 1.67. The number of carbonyl (C=O) groups excluding carboxylic acids is 3. The van der Waals surface area contributed by atoms with Crippen LogP contribution in [0.25, 0.3) is 10.8 Å². The number of benzene rings is 4. The number of hydrogen-bond donors (Lipinski definition) is 4. The van der Waals surface area contributed by atoms with Crippen molar-refractivity contribution in [1.82, 2.24) is 9.80 Å². The van der Waals surface area contributed by atoms with Gasteiger partial charge in [0.2, 0.25) is 6.79 Å². The maximum atomic E-state index is 13.8. The Balaban J connectivity index is 1.25. The van der Waals surface area contributed by atoms with Crippen LogP contribution in [0.1, 0.15) is 24.2 Å². The topological polar surface area (TPSA) is 142 Å². The molecule has 3 atom stereocenters. The van der Waals surface area contributed by atoms with Gasteiger partial charge in [-0.2, -0.15) is 0 Å². The number of rotatable bonds is 7. The van der Waals surface area contributed by atoms with Crippen molar-refractivity contribution in [3.8, 4) is 17.2 Å². The molecule has 6 rings (SSSR count). The van der Waals surface area contributed by atoms with Crippen LogP contribution >= 0.6 is 0 Å². The first-order valence-electron chi connectivity index (χ1n) is 15.4. The molecule has 0 saturated carbocycles. The Labute approximate surface area is 272 Å². The van der Waals surface area contributed by atoms with Crippen molar-refractivity contribution in [1.29, 1.82) is 0 Å². The number of urea groups is 2. The SMILES string of the molecule is C[C@@H]1CN([C@@H](C)CO)C(=O)c2cccc(NC(=O)Nc3ccc4c(c3)OCO4)c2O[C@H]1CN(C)C(=O)Nc1cccc2ccccc12. The highest BCUT2D eigenvalue weighted by Crippen LogP contribution is 2.36. The van der Waals surface area contributed by atoms with Crippen molar-refractivity contribution < 1.29 is 33.7 Å². The molecule has 0 radical (unpaired) electrons. The molecule has 2 aliphatic rings. The monoisotopic (exact) mass is 639 g/mol. The number of likely N-dealkylation sites (N-methyl/N-ethyl adjacent to an activating group) is 1. The predicted molar refractivity (Wildman–Crippen MR) is 178 cm³/mol. The number of anilines is 3. The van der Waals surface area contributed by atoms with Gasteiger partial charge in [0.05, 0.1) is 36.1 Å². The fraction of sp³-hybridized carbons (Fsp3) is 0.286. The minimum absolute atomic E-state index is 0.109. The van der Waals surface area contributed by atoms with Crippen molar-refractivity contribution in [2.24, 2.45) is 5.92 Å². The number of aliphatic hydroxyl groups excluding tert-OH is 1. The zero-order valence-electron chi connectivity index (χ0n) is 26.4. The lowest BCUT2D eigenvalue weighted by Crippen LogP contribution is -2.50. The first-order chi connectivity index (χ1) is 22.7. The maximum Gasteiger partial charge on any atom is 0.323 e. The van der Waals surface area contributed by atoms with E-state index in [4.69, 9.17) is 14.2 Å². The van der Waals surface area contributed by atoms with Gasteiger partial charge in [0.1, 0.15) is 6.10 Å². The van der Waals surface area contributed by atoms with E-state index in [1.807, 2.05) is 49.4 Å². The Morgan fingerprint density at radius 2 is 1.70 bits per heavy atom. The van der Waals surface area contributed by atoms with Crippen molar-refractivity contribution in [2.45, 2.75) is 26.0 Å². The van der Waals surface area contributed by atoms with E-state index in [0.29, 0.717) is 22.9 Å². The number of nitrogens with one attached hydrogen (secondary N) is 3. The van der Waals surface area contributed by atoms with Crippen LogP contribution in [0.2, 0.25) is 0 Å². The van der Waals surface area contributed by atoms with Crippen LogP contribution in [0.5, 0.6) is 17.2 Å². The van der Waals surface area contributed by atoms with E-state index in [9.17, 15) is 19.5 Å². The fourth-order valence-corrected chi connectivity index (χ4v) is 5.72. The first-order valence-corrected chi connectivity index (χ1v) is 15.4. The number of para-hydroxylation sites is 1. The standard InChI is InChI=1S/C35H37N5O7/c1-21-17-40(22(2)19-41)33(42)26-11-7-13-28(37-34(43)36-24-14-15-29-30(16-24)46-20-45-29)32(26)47-31(21)18-39(3)35(44)38-27-12-6-9-23-8-4-5-10-25(23)27/h4-16,21-22,31,41H,17-20H2,1-3H3,(H,38,44)(H2,36,37,43)/t21-,22+,31+/m1/s1. The van der Waals surface area contributed by atoms with Gasteiger partial charge >= 0.3 is 12.1 Å². The summed E-state index contributed by atoms with van der Waals surface area (Å²) in [5, 5.41) is 20.5. The number of amides is 5. The molecule has 0 bridgehead atoms. The summed E-state index contributed by atoms with van der Waals surface area (Å²) in [6, 6.07) is 22.1. The summed E-state index contributed by atoms with van der Waals surface area (Å²) in [6.45, 7) is 4.03. The second-order valence-electron chi connectivity index (χ2n) is 11.8. The van der Waals surface area contributed by atoms with Crippen LogP contribution < -0.4 is 30.2 Å². The zero-order valence-corrected chi connectivity index (χ0v) is 26.4. The van der Waals surface area contributed by atoms with Gasteiger partial charge in [-0.3, -0.25) is 4.79 Å². The molecule has 0 aromatic heterocycles. The van der Waals surface area contributed by atoms with Gasteiger partial charge in [-0.05, 0) is 42.6 Å². The molecular formula is C35H37N5O7. The minimum Gasteiger partial charge on any atom is -0.485 e. The van der Waals surface area contributed by atoms with Crippen LogP contribution in [0.3, 0.4) is 0 Å². The molecule has 2 aliphatic heterocycles. The van der Waals surface area contributed by atoms with Gasteiger partial charge < -0.3 is 45.1 Å². The Hall–Kier alpha value is -5.49. The van der Waals surface area contributed by atoms with Crippen molar-refractivity contribution in [3.05, 3.63) is 84.4 Å². The lowest BCUT2D eigenvalue weighted by atomic mass is 9.99. The number of ether oxygens (including phenoxy) is 3. The summed E-state index contributed by atoms with van der Waals surface area (Å²) in [4.78, 5) is 43.6. The highest BCUT2D eigenvalue weighted by Gasteiger charge is 2.35. The van der Waals surface area contributed by atoms with E-state index in [-0.39, 0.29) is 61.3 Å². The fourth-order valence-electron chi connectivity index (χ4n) is 5.72. The summed E-state index contributed by atoms with van der Waals surface area (Å²) in [5.74, 6) is 0.682. The third-order valence-corrected chi connectivity index (χ3v) is 8.40. The van der Waals surface area contributed by atoms with E-state index in [2.05, 4.69) is 16.0 Å². The first kappa shape index (κ1) is 31.5. The number of nitrogens with zero attached hydrogens (tertiary/aromatic N) is 2. The molecule has 4 aromatic rings. The second-order valence-corrected chi connectivity index (χ2v) is 11.8. The molecule has 0 spiro atoms. The van der Waals surface area contributed by atoms with Crippen LogP contribution in [-0.2, 0) is 0 Å². The molecule has 4 N–H and O–H groups in total. The smallest absolute Gasteiger partial charge is 0.323 e. The van der Waals surface area contributed by atoms with E-state index in [1.54, 1.807) is 55.3 Å². The Kier molecular flexibility index (Phi) is 9.03. The van der Waals surface area contributed by atoms with Crippen molar-refractivity contribution in [3.63, 3.8) is 0 Å². The molecule has 2 heterocycles. The quantitative estimate of drug-likeness (QED) is 0.206. The van der Waals surface area contributed by atoms with Gasteiger partial charge in [0.25, 0.3) is 5.91 Å². The zero-order chi connectivity index (χ0) is 33.1. The Morgan fingerprint density at radius 3 is 2.53 bits per heavy atom. The van der Waals surface area contributed by atoms with E-state index >= 15 is 0 Å².